The Balaban J connectivity index is 1.76. The lowest BCUT2D eigenvalue weighted by molar-refractivity contribution is -0.386. The number of pyridine rings is 1. The van der Waals surface area contributed by atoms with Crippen molar-refractivity contribution in [3.63, 3.8) is 0 Å². The smallest absolute Gasteiger partial charge is 0.332 e. The Hall–Kier alpha value is -3.74. The van der Waals surface area contributed by atoms with Crippen LogP contribution in [0.3, 0.4) is 0 Å². The lowest BCUT2D eigenvalue weighted by Crippen LogP contribution is -2.30. The molecule has 3 aromatic rings. The average molecular weight is 375 g/mol. The molecule has 0 saturated heterocycles. The standard InChI is InChI=1S/C21H17N3O4/c25-20-11-12-22(13-19(20)24(27)28)14-21(26)23-17-7-3-1-5-15(17)9-10-16-6-2-4-8-18(16)23/h1-8,11-13H,9-10,14H2. The van der Waals surface area contributed by atoms with Crippen molar-refractivity contribution in [1.82, 2.24) is 4.57 Å². The van der Waals surface area contributed by atoms with Crippen molar-refractivity contribution in [1.29, 1.82) is 0 Å². The van der Waals surface area contributed by atoms with Crippen molar-refractivity contribution >= 4 is 23.0 Å². The summed E-state index contributed by atoms with van der Waals surface area (Å²) in [6.07, 6.45) is 4.14. The van der Waals surface area contributed by atoms with Gasteiger partial charge in [-0.2, -0.15) is 0 Å². The maximum Gasteiger partial charge on any atom is 0.332 e. The first kappa shape index (κ1) is 17.7. The predicted octanol–water partition coefficient (Wildman–Crippen LogP) is 3.22. The van der Waals surface area contributed by atoms with Gasteiger partial charge in [-0.25, -0.2) is 0 Å². The van der Waals surface area contributed by atoms with Gasteiger partial charge in [-0.05, 0) is 36.1 Å². The molecule has 1 amide bonds. The summed E-state index contributed by atoms with van der Waals surface area (Å²) < 4.78 is 1.37. The topological polar surface area (TPSA) is 85.4 Å². The summed E-state index contributed by atoms with van der Waals surface area (Å²) in [5.74, 6) is -0.236. The van der Waals surface area contributed by atoms with Crippen molar-refractivity contribution in [2.45, 2.75) is 19.4 Å². The lowest BCUT2D eigenvalue weighted by Gasteiger charge is -2.25. The third-order valence-corrected chi connectivity index (χ3v) is 4.85. The van der Waals surface area contributed by atoms with Crippen LogP contribution in [0.25, 0.3) is 0 Å². The largest absolute Gasteiger partial charge is 0.339 e. The van der Waals surface area contributed by atoms with E-state index in [-0.39, 0.29) is 12.5 Å². The van der Waals surface area contributed by atoms with E-state index in [1.54, 1.807) is 4.90 Å². The summed E-state index contributed by atoms with van der Waals surface area (Å²) in [4.78, 5) is 36.9. The van der Waals surface area contributed by atoms with E-state index < -0.39 is 16.0 Å². The van der Waals surface area contributed by atoms with Gasteiger partial charge in [0.2, 0.25) is 0 Å². The predicted molar refractivity (Wildman–Crippen MR) is 105 cm³/mol. The molecule has 0 spiro atoms. The highest BCUT2D eigenvalue weighted by Crippen LogP contribution is 2.36. The van der Waals surface area contributed by atoms with Crippen LogP contribution in [0.4, 0.5) is 17.1 Å². The molecule has 0 atom stereocenters. The van der Waals surface area contributed by atoms with E-state index in [9.17, 15) is 19.7 Å². The van der Waals surface area contributed by atoms with E-state index in [2.05, 4.69) is 0 Å². The van der Waals surface area contributed by atoms with Crippen LogP contribution < -0.4 is 10.3 Å². The molecule has 0 N–H and O–H groups in total. The molecular weight excluding hydrogens is 358 g/mol. The molecule has 4 rings (SSSR count). The molecule has 0 unspecified atom stereocenters. The van der Waals surface area contributed by atoms with E-state index in [0.29, 0.717) is 0 Å². The SMILES string of the molecule is O=C(Cn1ccc(=O)c([N+](=O)[O-])c1)N1c2ccccc2CCc2ccccc21. The van der Waals surface area contributed by atoms with Gasteiger partial charge in [0.1, 0.15) is 6.54 Å². The number of nitro groups is 1. The summed E-state index contributed by atoms with van der Waals surface area (Å²) in [5.41, 5.74) is 2.53. The third kappa shape index (κ3) is 3.18. The fourth-order valence-corrected chi connectivity index (χ4v) is 3.52. The van der Waals surface area contributed by atoms with Gasteiger partial charge in [-0.3, -0.25) is 24.6 Å². The van der Waals surface area contributed by atoms with Crippen molar-refractivity contribution in [2.24, 2.45) is 0 Å². The quantitative estimate of drug-likeness (QED) is 0.520. The van der Waals surface area contributed by atoms with Crippen LogP contribution in [-0.2, 0) is 24.2 Å². The number of para-hydroxylation sites is 2. The van der Waals surface area contributed by atoms with Crippen LogP contribution in [-0.4, -0.2) is 15.4 Å². The van der Waals surface area contributed by atoms with E-state index in [1.807, 2.05) is 48.5 Å². The maximum atomic E-state index is 13.3. The van der Waals surface area contributed by atoms with Crippen molar-refractivity contribution in [3.8, 4) is 0 Å². The Morgan fingerprint density at radius 3 is 2.11 bits per heavy atom. The molecule has 28 heavy (non-hydrogen) atoms. The number of fused-ring (bicyclic) bond motifs is 2. The molecule has 0 fully saturated rings. The number of anilines is 2. The highest BCUT2D eigenvalue weighted by Gasteiger charge is 2.26. The van der Waals surface area contributed by atoms with Crippen molar-refractivity contribution < 1.29 is 9.72 Å². The number of hydrogen-bond acceptors (Lipinski definition) is 4. The zero-order valence-corrected chi connectivity index (χ0v) is 14.9. The van der Waals surface area contributed by atoms with Gasteiger partial charge in [0.25, 0.3) is 11.3 Å². The molecule has 0 radical (unpaired) electrons. The molecule has 1 aliphatic heterocycles. The summed E-state index contributed by atoms with van der Waals surface area (Å²) in [7, 11) is 0. The monoisotopic (exact) mass is 375 g/mol. The number of carbonyl (C=O) groups excluding carboxylic acids is 1. The number of benzene rings is 2. The van der Waals surface area contributed by atoms with Gasteiger partial charge in [0, 0.05) is 12.3 Å². The molecule has 1 aromatic heterocycles. The molecule has 0 bridgehead atoms. The number of rotatable bonds is 3. The maximum absolute atomic E-state index is 13.3. The summed E-state index contributed by atoms with van der Waals surface area (Å²) in [6.45, 7) is -0.121. The van der Waals surface area contributed by atoms with Crippen LogP contribution in [0.2, 0.25) is 0 Å². The van der Waals surface area contributed by atoms with Gasteiger partial charge in [0.15, 0.2) is 0 Å². The zero-order valence-electron chi connectivity index (χ0n) is 14.9. The molecule has 140 valence electrons. The molecule has 2 aromatic carbocycles. The Kier molecular flexibility index (Phi) is 4.49. The third-order valence-electron chi connectivity index (χ3n) is 4.85. The van der Waals surface area contributed by atoms with Crippen molar-refractivity contribution in [3.05, 3.63) is 98.5 Å². The molecule has 7 nitrogen and oxygen atoms in total. The van der Waals surface area contributed by atoms with Crippen LogP contribution in [0, 0.1) is 10.1 Å². The molecular formula is C21H17N3O4. The van der Waals surface area contributed by atoms with E-state index in [0.717, 1.165) is 47.6 Å². The van der Waals surface area contributed by atoms with Gasteiger partial charge in [-0.15, -0.1) is 0 Å². The zero-order chi connectivity index (χ0) is 19.7. The number of amides is 1. The van der Waals surface area contributed by atoms with Gasteiger partial charge < -0.3 is 4.57 Å². The fraction of sp³-hybridized carbons (Fsp3) is 0.143. The number of carbonyl (C=O) groups is 1. The number of hydrogen-bond donors (Lipinski definition) is 0. The minimum Gasteiger partial charge on any atom is -0.339 e. The van der Waals surface area contributed by atoms with Crippen LogP contribution in [0.15, 0.2) is 71.8 Å². The summed E-state index contributed by atoms with van der Waals surface area (Å²) in [6, 6.07) is 16.6. The highest BCUT2D eigenvalue weighted by molar-refractivity contribution is 6.02. The Morgan fingerprint density at radius 2 is 1.54 bits per heavy atom. The van der Waals surface area contributed by atoms with Crippen LogP contribution >= 0.6 is 0 Å². The van der Waals surface area contributed by atoms with Gasteiger partial charge in [0.05, 0.1) is 22.5 Å². The average Bonchev–Trinajstić information content (AvgIpc) is 2.86. The van der Waals surface area contributed by atoms with E-state index >= 15 is 0 Å². The van der Waals surface area contributed by atoms with E-state index in [1.165, 1.54) is 10.8 Å². The minimum atomic E-state index is -0.736. The highest BCUT2D eigenvalue weighted by atomic mass is 16.6. The minimum absolute atomic E-state index is 0.121. The fourth-order valence-electron chi connectivity index (χ4n) is 3.52. The van der Waals surface area contributed by atoms with Gasteiger partial charge in [-0.1, -0.05) is 36.4 Å². The lowest BCUT2D eigenvalue weighted by atomic mass is 10.0. The number of aromatic nitrogens is 1. The normalized spacial score (nSPS) is 12.6. The molecule has 2 heterocycles. The van der Waals surface area contributed by atoms with Gasteiger partial charge >= 0.3 is 5.69 Å². The first-order chi connectivity index (χ1) is 13.5. The second kappa shape index (κ2) is 7.11. The summed E-state index contributed by atoms with van der Waals surface area (Å²) in [5, 5.41) is 11.0. The number of aryl methyl sites for hydroxylation is 2. The summed E-state index contributed by atoms with van der Waals surface area (Å²) >= 11 is 0. The van der Waals surface area contributed by atoms with Crippen molar-refractivity contribution in [2.75, 3.05) is 4.90 Å². The molecule has 0 aliphatic carbocycles. The Bertz CT molecular complexity index is 1090. The van der Waals surface area contributed by atoms with Crippen LogP contribution in [0.1, 0.15) is 11.1 Å². The molecule has 0 saturated carbocycles. The van der Waals surface area contributed by atoms with Crippen LogP contribution in [0.5, 0.6) is 0 Å². The first-order valence-electron chi connectivity index (χ1n) is 8.88. The molecule has 1 aliphatic rings. The Morgan fingerprint density at radius 1 is 0.964 bits per heavy atom. The molecule has 7 heteroatoms. The first-order valence-corrected chi connectivity index (χ1v) is 8.88. The Labute approximate surface area is 160 Å². The van der Waals surface area contributed by atoms with E-state index in [4.69, 9.17) is 0 Å². The number of nitrogens with zero attached hydrogens (tertiary/aromatic N) is 3. The second-order valence-corrected chi connectivity index (χ2v) is 6.61. The second-order valence-electron chi connectivity index (χ2n) is 6.61.